The van der Waals surface area contributed by atoms with Crippen LogP contribution in [0, 0.1) is 0 Å². The van der Waals surface area contributed by atoms with Gasteiger partial charge in [-0.1, -0.05) is 18.2 Å². The maximum absolute atomic E-state index is 11.8. The predicted octanol–water partition coefficient (Wildman–Crippen LogP) is 1.67. The summed E-state index contributed by atoms with van der Waals surface area (Å²) in [7, 11) is 1.94. The molecule has 0 aliphatic heterocycles. The Kier molecular flexibility index (Phi) is 4.03. The second-order valence-corrected chi connectivity index (χ2v) is 4.26. The van der Waals surface area contributed by atoms with Crippen LogP contribution in [0.4, 0.5) is 0 Å². The van der Waals surface area contributed by atoms with Crippen LogP contribution in [0.2, 0.25) is 0 Å². The number of hydrogen-bond acceptors (Lipinski definition) is 2. The van der Waals surface area contributed by atoms with Crippen LogP contribution in [0.1, 0.15) is 22.8 Å². The highest BCUT2D eigenvalue weighted by Gasteiger charge is 2.05. The maximum atomic E-state index is 11.8. The van der Waals surface area contributed by atoms with Gasteiger partial charge in [-0.05, 0) is 25.1 Å². The van der Waals surface area contributed by atoms with Gasteiger partial charge in [-0.15, -0.1) is 0 Å². The molecule has 0 bridgehead atoms. The van der Waals surface area contributed by atoms with Gasteiger partial charge < -0.3 is 0 Å². The molecule has 0 aliphatic carbocycles. The smallest absolute Gasteiger partial charge is 0.267 e. The van der Waals surface area contributed by atoms with Crippen molar-refractivity contribution >= 4 is 11.6 Å². The van der Waals surface area contributed by atoms with Crippen molar-refractivity contribution in [2.24, 2.45) is 12.1 Å². The molecule has 0 saturated carbocycles. The van der Waals surface area contributed by atoms with E-state index in [4.69, 9.17) is 0 Å². The van der Waals surface area contributed by atoms with Gasteiger partial charge in [-0.2, -0.15) is 5.10 Å². The van der Waals surface area contributed by atoms with Gasteiger partial charge in [-0.3, -0.25) is 4.79 Å². The first kappa shape index (κ1) is 13.0. The van der Waals surface area contributed by atoms with Gasteiger partial charge in [0.1, 0.15) is 7.05 Å². The van der Waals surface area contributed by atoms with Crippen LogP contribution in [0.5, 0.6) is 0 Å². The number of pyridine rings is 1. The first-order valence-corrected chi connectivity index (χ1v) is 6.02. The summed E-state index contributed by atoms with van der Waals surface area (Å²) in [5.41, 5.74) is 4.89. The number of aryl methyl sites for hydroxylation is 1. The van der Waals surface area contributed by atoms with Crippen molar-refractivity contribution in [3.05, 3.63) is 66.0 Å². The molecule has 1 N–H and O–H groups in total. The zero-order valence-corrected chi connectivity index (χ0v) is 11.0. The Balaban J connectivity index is 2.09. The van der Waals surface area contributed by atoms with Gasteiger partial charge in [0.2, 0.25) is 0 Å². The fourth-order valence-corrected chi connectivity index (χ4v) is 1.66. The van der Waals surface area contributed by atoms with Crippen LogP contribution in [-0.4, -0.2) is 11.6 Å². The quantitative estimate of drug-likeness (QED) is 0.505. The molecular weight excluding hydrogens is 238 g/mol. The van der Waals surface area contributed by atoms with E-state index in [-0.39, 0.29) is 5.91 Å². The molecule has 0 aliphatic rings. The number of nitrogens with one attached hydrogen (secondary N) is 1. The number of rotatable bonds is 3. The van der Waals surface area contributed by atoms with Crippen molar-refractivity contribution in [3.8, 4) is 0 Å². The molecule has 0 fully saturated rings. The van der Waals surface area contributed by atoms with E-state index in [1.54, 1.807) is 12.1 Å². The number of carbonyl (C=O) groups excluding carboxylic acids is 1. The predicted molar refractivity (Wildman–Crippen MR) is 73.7 cm³/mol. The van der Waals surface area contributed by atoms with E-state index in [2.05, 4.69) is 10.5 Å². The minimum atomic E-state index is -0.208. The lowest BCUT2D eigenvalue weighted by Gasteiger charge is -2.02. The number of aromatic nitrogens is 1. The van der Waals surface area contributed by atoms with Crippen molar-refractivity contribution in [1.29, 1.82) is 0 Å². The van der Waals surface area contributed by atoms with E-state index in [1.807, 2.05) is 61.3 Å². The monoisotopic (exact) mass is 254 g/mol. The number of hydrogen-bond donors (Lipinski definition) is 1. The van der Waals surface area contributed by atoms with Crippen molar-refractivity contribution in [3.63, 3.8) is 0 Å². The summed E-state index contributed by atoms with van der Waals surface area (Å²) in [5.74, 6) is -0.208. The first-order valence-electron chi connectivity index (χ1n) is 6.02. The molecule has 19 heavy (non-hydrogen) atoms. The largest absolute Gasteiger partial charge is 0.271 e. The second kappa shape index (κ2) is 5.91. The standard InChI is InChI=1S/C15H15N3O/c1-12(14-9-6-10-18(2)11-14)16-17-15(19)13-7-4-3-5-8-13/h3-11H,1-2H3/p+1/b16-12+. The fourth-order valence-electron chi connectivity index (χ4n) is 1.66. The Bertz CT molecular complexity index is 606. The van der Waals surface area contributed by atoms with Crippen molar-refractivity contribution < 1.29 is 9.36 Å². The third-order valence-electron chi connectivity index (χ3n) is 2.72. The molecule has 0 saturated heterocycles. The summed E-state index contributed by atoms with van der Waals surface area (Å²) in [6.07, 6.45) is 3.90. The van der Waals surface area contributed by atoms with Gasteiger partial charge >= 0.3 is 0 Å². The molecule has 1 aromatic carbocycles. The molecule has 1 heterocycles. The number of carbonyl (C=O) groups is 1. The van der Waals surface area contributed by atoms with E-state index in [0.717, 1.165) is 11.3 Å². The number of hydrazone groups is 1. The Morgan fingerprint density at radius 1 is 1.11 bits per heavy atom. The normalized spacial score (nSPS) is 11.2. The lowest BCUT2D eigenvalue weighted by molar-refractivity contribution is -0.671. The topological polar surface area (TPSA) is 45.3 Å². The Morgan fingerprint density at radius 3 is 2.47 bits per heavy atom. The molecular formula is C15H16N3O+. The van der Waals surface area contributed by atoms with Gasteiger partial charge in [0.15, 0.2) is 12.4 Å². The molecule has 2 aromatic rings. The Labute approximate surface area is 112 Å². The van der Waals surface area contributed by atoms with Crippen molar-refractivity contribution in [1.82, 2.24) is 5.43 Å². The molecule has 1 aromatic heterocycles. The maximum Gasteiger partial charge on any atom is 0.271 e. The van der Waals surface area contributed by atoms with Gasteiger partial charge in [0.25, 0.3) is 5.91 Å². The van der Waals surface area contributed by atoms with Crippen LogP contribution >= 0.6 is 0 Å². The van der Waals surface area contributed by atoms with Gasteiger partial charge in [-0.25, -0.2) is 9.99 Å². The molecule has 1 amide bonds. The summed E-state index contributed by atoms with van der Waals surface area (Å²) in [6, 6.07) is 12.9. The average Bonchev–Trinajstić information content (AvgIpc) is 2.45. The van der Waals surface area contributed by atoms with Crippen LogP contribution in [0.25, 0.3) is 0 Å². The first-order chi connectivity index (χ1) is 9.16. The molecule has 0 atom stereocenters. The Hall–Kier alpha value is -2.49. The Morgan fingerprint density at radius 2 is 1.79 bits per heavy atom. The van der Waals surface area contributed by atoms with Crippen LogP contribution in [-0.2, 0) is 7.05 Å². The van der Waals surface area contributed by atoms with E-state index in [9.17, 15) is 4.79 Å². The molecule has 4 heteroatoms. The molecule has 0 unspecified atom stereocenters. The zero-order valence-electron chi connectivity index (χ0n) is 11.0. The van der Waals surface area contributed by atoms with Gasteiger partial charge in [0, 0.05) is 11.6 Å². The van der Waals surface area contributed by atoms with Crippen LogP contribution in [0.15, 0.2) is 60.0 Å². The van der Waals surface area contributed by atoms with E-state index in [1.165, 1.54) is 0 Å². The second-order valence-electron chi connectivity index (χ2n) is 4.26. The van der Waals surface area contributed by atoms with E-state index in [0.29, 0.717) is 5.56 Å². The molecule has 2 rings (SSSR count). The third-order valence-corrected chi connectivity index (χ3v) is 2.72. The van der Waals surface area contributed by atoms with Gasteiger partial charge in [0.05, 0.1) is 11.3 Å². The summed E-state index contributed by atoms with van der Waals surface area (Å²) in [6.45, 7) is 1.86. The molecule has 0 spiro atoms. The number of nitrogens with zero attached hydrogens (tertiary/aromatic N) is 2. The highest BCUT2D eigenvalue weighted by atomic mass is 16.2. The summed E-state index contributed by atoms with van der Waals surface area (Å²) in [5, 5.41) is 4.12. The summed E-state index contributed by atoms with van der Waals surface area (Å²) >= 11 is 0. The minimum absolute atomic E-state index is 0.208. The van der Waals surface area contributed by atoms with E-state index >= 15 is 0 Å². The SMILES string of the molecule is C/C(=N\NC(=O)c1ccccc1)c1ccc[n+](C)c1. The lowest BCUT2D eigenvalue weighted by Crippen LogP contribution is -2.28. The molecule has 96 valence electrons. The fraction of sp³-hybridized carbons (Fsp3) is 0.133. The summed E-state index contributed by atoms with van der Waals surface area (Å²) < 4.78 is 1.94. The molecule has 0 radical (unpaired) electrons. The lowest BCUT2D eigenvalue weighted by atomic mass is 10.2. The van der Waals surface area contributed by atoms with E-state index < -0.39 is 0 Å². The number of amides is 1. The van der Waals surface area contributed by atoms with Crippen LogP contribution < -0.4 is 9.99 Å². The van der Waals surface area contributed by atoms with Crippen molar-refractivity contribution in [2.45, 2.75) is 6.92 Å². The zero-order chi connectivity index (χ0) is 13.7. The van der Waals surface area contributed by atoms with Crippen molar-refractivity contribution in [2.75, 3.05) is 0 Å². The number of benzene rings is 1. The average molecular weight is 254 g/mol. The highest BCUT2D eigenvalue weighted by Crippen LogP contribution is 1.99. The van der Waals surface area contributed by atoms with Crippen LogP contribution in [0.3, 0.4) is 0 Å². The molecule has 4 nitrogen and oxygen atoms in total. The third kappa shape index (κ3) is 3.48. The summed E-state index contributed by atoms with van der Waals surface area (Å²) in [4.78, 5) is 11.8. The minimum Gasteiger partial charge on any atom is -0.267 e. The highest BCUT2D eigenvalue weighted by molar-refractivity contribution is 6.00.